The molecule has 0 saturated carbocycles. The molecule has 14 rings (SSSR count). The van der Waals surface area contributed by atoms with E-state index in [1.54, 1.807) is 0 Å². The molecule has 0 atom stereocenters. The molecule has 0 aliphatic rings. The molecule has 0 aliphatic heterocycles. The Bertz CT molecular complexity index is 4270. The van der Waals surface area contributed by atoms with E-state index in [0.717, 1.165) is 93.5 Å². The summed E-state index contributed by atoms with van der Waals surface area (Å²) in [4.78, 5) is 16.5. The van der Waals surface area contributed by atoms with E-state index < -0.39 is 0 Å². The highest BCUT2D eigenvalue weighted by Crippen LogP contribution is 2.45. The summed E-state index contributed by atoms with van der Waals surface area (Å²) >= 11 is 0. The Kier molecular flexibility index (Phi) is 8.52. The van der Waals surface area contributed by atoms with Gasteiger partial charge in [-0.15, -0.1) is 0 Å². The van der Waals surface area contributed by atoms with Crippen LogP contribution in [0.4, 0.5) is 0 Å². The van der Waals surface area contributed by atoms with Gasteiger partial charge in [-0.05, 0) is 97.5 Å². The Hall–Kier alpha value is -9.19. The second-order valence-corrected chi connectivity index (χ2v) is 17.6. The molecule has 0 amide bonds. The van der Waals surface area contributed by atoms with Crippen molar-refractivity contribution >= 4 is 75.9 Å². The van der Waals surface area contributed by atoms with Crippen molar-refractivity contribution in [3.8, 4) is 56.7 Å². The van der Waals surface area contributed by atoms with Gasteiger partial charge in [0.25, 0.3) is 0 Å². The van der Waals surface area contributed by atoms with Gasteiger partial charge in [-0.2, -0.15) is 9.97 Å². The molecule has 5 heteroatoms. The first-order chi connectivity index (χ1) is 33.7. The molecule has 0 fully saturated rings. The Morgan fingerprint density at radius 1 is 0.250 bits per heavy atom. The summed E-state index contributed by atoms with van der Waals surface area (Å²) in [7, 11) is 0. The summed E-state index contributed by atoms with van der Waals surface area (Å²) in [6.07, 6.45) is 0. The summed E-state index contributed by atoms with van der Waals surface area (Å²) in [5, 5.41) is 11.7. The van der Waals surface area contributed by atoms with Crippen LogP contribution in [0.25, 0.3) is 133 Å². The molecule has 14 aromatic rings. The van der Waals surface area contributed by atoms with Crippen molar-refractivity contribution in [2.24, 2.45) is 0 Å². The number of hydrogen-bond donors (Lipinski definition) is 0. The topological polar surface area (TPSA) is 48.5 Å². The van der Waals surface area contributed by atoms with E-state index in [-0.39, 0.29) is 0 Å². The Balaban J connectivity index is 1.13. The minimum Gasteiger partial charge on any atom is -0.309 e. The van der Waals surface area contributed by atoms with Crippen molar-refractivity contribution in [1.82, 2.24) is 24.1 Å². The van der Waals surface area contributed by atoms with E-state index in [1.807, 2.05) is 0 Å². The molecule has 3 heterocycles. The van der Waals surface area contributed by atoms with Gasteiger partial charge in [-0.25, -0.2) is 4.98 Å². The van der Waals surface area contributed by atoms with Crippen molar-refractivity contribution in [3.63, 3.8) is 0 Å². The molecular weight excluding hydrogens is 827 g/mol. The number of benzene rings is 11. The number of nitrogens with zero attached hydrogens (tertiary/aromatic N) is 5. The van der Waals surface area contributed by atoms with E-state index in [0.29, 0.717) is 17.6 Å². The van der Waals surface area contributed by atoms with Gasteiger partial charge in [-0.1, -0.05) is 188 Å². The highest BCUT2D eigenvalue weighted by molar-refractivity contribution is 6.15. The highest BCUT2D eigenvalue weighted by Gasteiger charge is 2.25. The highest BCUT2D eigenvalue weighted by atomic mass is 15.2. The average Bonchev–Trinajstić information content (AvgIpc) is 3.92. The van der Waals surface area contributed by atoms with Gasteiger partial charge in [0.05, 0.1) is 27.8 Å². The molecule has 0 N–H and O–H groups in total. The Morgan fingerprint density at radius 2 is 0.794 bits per heavy atom. The van der Waals surface area contributed by atoms with Crippen LogP contribution in [-0.2, 0) is 0 Å². The van der Waals surface area contributed by atoms with Crippen molar-refractivity contribution in [2.45, 2.75) is 0 Å². The number of para-hydroxylation sites is 3. The smallest absolute Gasteiger partial charge is 0.238 e. The standard InChI is InChI=1S/C63H39N5/c1-2-18-42(19-3-1)52-38-55(62-64-61(46-34-33-40-17-4-5-21-43(40)35-46)65-63(66-62)68-57-31-14-10-26-49(57)50-27-11-15-32-58(50)68)53(48-29-16-24-41-20-8-9-25-47(41)48)39-60(52)67-56-30-13-12-28-51(56)54-36-44-22-6-7-23-45(44)37-59(54)67/h1-39H. The maximum absolute atomic E-state index is 5.60. The van der Waals surface area contributed by atoms with E-state index in [1.165, 1.54) is 21.5 Å². The molecule has 11 aromatic carbocycles. The van der Waals surface area contributed by atoms with E-state index >= 15 is 0 Å². The molecule has 0 spiro atoms. The molecule has 0 unspecified atom stereocenters. The van der Waals surface area contributed by atoms with Crippen LogP contribution in [0.2, 0.25) is 0 Å². The van der Waals surface area contributed by atoms with E-state index in [9.17, 15) is 0 Å². The SMILES string of the molecule is c1ccc(-c2cc(-c3nc(-c4ccc5ccccc5c4)nc(-n4c5ccccc5c5ccccc54)n3)c(-c3cccc4ccccc34)cc2-n2c3ccccc3c3cc4ccccc4cc32)cc1. The van der Waals surface area contributed by atoms with Crippen LogP contribution >= 0.6 is 0 Å². The monoisotopic (exact) mass is 865 g/mol. The van der Waals surface area contributed by atoms with Gasteiger partial charge in [-0.3, -0.25) is 4.57 Å². The summed E-state index contributed by atoms with van der Waals surface area (Å²) in [5.41, 5.74) is 11.5. The normalized spacial score (nSPS) is 11.8. The molecule has 316 valence electrons. The fraction of sp³-hybridized carbons (Fsp3) is 0. The van der Waals surface area contributed by atoms with Crippen LogP contribution in [0.3, 0.4) is 0 Å². The third kappa shape index (κ3) is 5.99. The maximum atomic E-state index is 5.60. The number of rotatable bonds is 6. The van der Waals surface area contributed by atoms with Crippen molar-refractivity contribution in [1.29, 1.82) is 0 Å². The fourth-order valence-corrected chi connectivity index (χ4v) is 10.6. The Labute approximate surface area is 391 Å². The minimum atomic E-state index is 0.555. The van der Waals surface area contributed by atoms with Gasteiger partial charge in [0.1, 0.15) is 0 Å². The second-order valence-electron chi connectivity index (χ2n) is 17.6. The van der Waals surface area contributed by atoms with Gasteiger partial charge in [0, 0.05) is 38.2 Å². The van der Waals surface area contributed by atoms with Crippen LogP contribution in [0.5, 0.6) is 0 Å². The maximum Gasteiger partial charge on any atom is 0.238 e. The van der Waals surface area contributed by atoms with Crippen LogP contribution in [0.15, 0.2) is 237 Å². The molecule has 68 heavy (non-hydrogen) atoms. The van der Waals surface area contributed by atoms with Crippen molar-refractivity contribution in [2.75, 3.05) is 0 Å². The first-order valence-electron chi connectivity index (χ1n) is 23.1. The van der Waals surface area contributed by atoms with Gasteiger partial charge >= 0.3 is 0 Å². The lowest BCUT2D eigenvalue weighted by Crippen LogP contribution is -2.07. The lowest BCUT2D eigenvalue weighted by atomic mass is 9.90. The number of hydrogen-bond acceptors (Lipinski definition) is 3. The predicted molar refractivity (Wildman–Crippen MR) is 283 cm³/mol. The molecule has 3 aromatic heterocycles. The van der Waals surface area contributed by atoms with Crippen LogP contribution in [0, 0.1) is 0 Å². The zero-order chi connectivity index (χ0) is 44.7. The van der Waals surface area contributed by atoms with Crippen LogP contribution in [-0.4, -0.2) is 24.1 Å². The molecule has 5 nitrogen and oxygen atoms in total. The summed E-state index contributed by atoms with van der Waals surface area (Å²) in [6, 6.07) is 84.9. The first kappa shape index (κ1) is 38.1. The third-order valence-electron chi connectivity index (χ3n) is 13.7. The quantitative estimate of drug-likeness (QED) is 0.167. The predicted octanol–water partition coefficient (Wildman–Crippen LogP) is 16.2. The molecule has 0 saturated heterocycles. The third-order valence-corrected chi connectivity index (χ3v) is 13.7. The summed E-state index contributed by atoms with van der Waals surface area (Å²) in [5.74, 6) is 1.74. The van der Waals surface area contributed by atoms with E-state index in [4.69, 9.17) is 15.0 Å². The lowest BCUT2D eigenvalue weighted by Gasteiger charge is -2.21. The van der Waals surface area contributed by atoms with Crippen LogP contribution < -0.4 is 0 Å². The molecule has 0 aliphatic carbocycles. The molecular formula is C63H39N5. The first-order valence-corrected chi connectivity index (χ1v) is 23.1. The van der Waals surface area contributed by atoms with Crippen molar-refractivity contribution in [3.05, 3.63) is 237 Å². The zero-order valence-corrected chi connectivity index (χ0v) is 36.8. The summed E-state index contributed by atoms with van der Waals surface area (Å²) in [6.45, 7) is 0. The Morgan fingerprint density at radius 3 is 1.51 bits per heavy atom. The largest absolute Gasteiger partial charge is 0.309 e. The van der Waals surface area contributed by atoms with Gasteiger partial charge < -0.3 is 4.57 Å². The fourth-order valence-electron chi connectivity index (χ4n) is 10.6. The zero-order valence-electron chi connectivity index (χ0n) is 36.8. The number of aromatic nitrogens is 5. The second kappa shape index (κ2) is 15.2. The molecule has 0 bridgehead atoms. The minimum absolute atomic E-state index is 0.555. The lowest BCUT2D eigenvalue weighted by molar-refractivity contribution is 0.954. The van der Waals surface area contributed by atoms with Crippen molar-refractivity contribution < 1.29 is 0 Å². The molecule has 0 radical (unpaired) electrons. The average molecular weight is 866 g/mol. The summed E-state index contributed by atoms with van der Waals surface area (Å²) < 4.78 is 4.67. The van der Waals surface area contributed by atoms with Gasteiger partial charge in [0.2, 0.25) is 5.95 Å². The van der Waals surface area contributed by atoms with Gasteiger partial charge in [0.15, 0.2) is 11.6 Å². The number of fused-ring (bicyclic) bond motifs is 9. The van der Waals surface area contributed by atoms with Crippen LogP contribution in [0.1, 0.15) is 0 Å². The van der Waals surface area contributed by atoms with E-state index in [2.05, 4.69) is 246 Å².